The number of aromatic nitrogens is 2. The molecule has 8 heteroatoms. The Morgan fingerprint density at radius 3 is 2.65 bits per heavy atom. The van der Waals surface area contributed by atoms with Crippen LogP contribution in [0.4, 0.5) is 10.3 Å². The van der Waals surface area contributed by atoms with Gasteiger partial charge in [-0.2, -0.15) is 4.98 Å². The van der Waals surface area contributed by atoms with Crippen LogP contribution in [0.2, 0.25) is 0 Å². The fourth-order valence-corrected chi connectivity index (χ4v) is 4.64. The lowest BCUT2D eigenvalue weighted by Gasteiger charge is -2.33. The number of nitrogens with one attached hydrogen (secondary N) is 1. The maximum Gasteiger partial charge on any atom is 0.229 e. The van der Waals surface area contributed by atoms with Crippen LogP contribution in [0, 0.1) is 11.7 Å². The van der Waals surface area contributed by atoms with E-state index in [4.69, 9.17) is 14.7 Å². The smallest absolute Gasteiger partial charge is 0.229 e. The van der Waals surface area contributed by atoms with Crippen molar-refractivity contribution in [1.82, 2.24) is 20.2 Å². The number of carbonyl (C=O) groups is 1. The average Bonchev–Trinajstić information content (AvgIpc) is 3.35. The molecule has 2 aromatic rings. The first-order chi connectivity index (χ1) is 15.2. The summed E-state index contributed by atoms with van der Waals surface area (Å²) in [4.78, 5) is 26.8. The molecule has 164 valence electrons. The molecule has 1 atom stereocenters. The van der Waals surface area contributed by atoms with Crippen molar-refractivity contribution < 1.29 is 13.9 Å². The number of ether oxygens (including phenoxy) is 1. The van der Waals surface area contributed by atoms with Gasteiger partial charge in [-0.15, -0.1) is 0 Å². The summed E-state index contributed by atoms with van der Waals surface area (Å²) in [5.41, 5.74) is 1.80. The minimum atomic E-state index is -0.312. The molecule has 2 saturated heterocycles. The average molecular weight is 426 g/mol. The van der Waals surface area contributed by atoms with E-state index in [0.29, 0.717) is 37.1 Å². The SMILES string of the molecule is O=C(C1CCCNC1)N1CCc2nc(N3CCCC3)nc(Oc3ccc(F)cc3)c2C1. The third-order valence-corrected chi connectivity index (χ3v) is 6.39. The Labute approximate surface area is 181 Å². The Balaban J connectivity index is 1.44. The number of anilines is 1. The first-order valence-corrected chi connectivity index (χ1v) is 11.2. The minimum absolute atomic E-state index is 0.0292. The highest BCUT2D eigenvalue weighted by Crippen LogP contribution is 2.33. The summed E-state index contributed by atoms with van der Waals surface area (Å²) in [5.74, 6) is 1.58. The molecule has 0 bridgehead atoms. The normalized spacial score (nSPS) is 21.1. The lowest BCUT2D eigenvalue weighted by Crippen LogP contribution is -2.45. The van der Waals surface area contributed by atoms with E-state index in [9.17, 15) is 9.18 Å². The van der Waals surface area contributed by atoms with Crippen LogP contribution in [0.25, 0.3) is 0 Å². The topological polar surface area (TPSA) is 70.6 Å². The molecule has 0 saturated carbocycles. The molecule has 1 amide bonds. The van der Waals surface area contributed by atoms with Gasteiger partial charge in [-0.1, -0.05) is 0 Å². The van der Waals surface area contributed by atoms with Crippen molar-refractivity contribution in [2.75, 3.05) is 37.6 Å². The molecule has 7 nitrogen and oxygen atoms in total. The van der Waals surface area contributed by atoms with E-state index >= 15 is 0 Å². The maximum atomic E-state index is 13.3. The Hall–Kier alpha value is -2.74. The van der Waals surface area contributed by atoms with Crippen LogP contribution in [0.1, 0.15) is 36.9 Å². The lowest BCUT2D eigenvalue weighted by atomic mass is 9.96. The predicted octanol–water partition coefficient (Wildman–Crippen LogP) is 2.89. The zero-order chi connectivity index (χ0) is 21.2. The van der Waals surface area contributed by atoms with E-state index in [1.807, 2.05) is 4.90 Å². The van der Waals surface area contributed by atoms with Crippen molar-refractivity contribution >= 4 is 11.9 Å². The van der Waals surface area contributed by atoms with Crippen LogP contribution in [-0.2, 0) is 17.8 Å². The van der Waals surface area contributed by atoms with Gasteiger partial charge >= 0.3 is 0 Å². The molecule has 31 heavy (non-hydrogen) atoms. The molecule has 0 spiro atoms. The standard InChI is InChI=1S/C23H28FN5O2/c24-17-5-7-18(8-6-17)31-21-19-15-29(22(30)16-4-3-10-25-14-16)13-9-20(19)26-23(27-21)28-11-1-2-12-28/h5-8,16,25H,1-4,9-15H2. The zero-order valence-electron chi connectivity index (χ0n) is 17.6. The van der Waals surface area contributed by atoms with Crippen molar-refractivity contribution in [1.29, 1.82) is 0 Å². The van der Waals surface area contributed by atoms with Crippen molar-refractivity contribution in [2.45, 2.75) is 38.6 Å². The highest BCUT2D eigenvalue weighted by molar-refractivity contribution is 5.79. The summed E-state index contributed by atoms with van der Waals surface area (Å²) in [6.07, 6.45) is 4.91. The fraction of sp³-hybridized carbons (Fsp3) is 0.522. The number of carbonyl (C=O) groups excluding carboxylic acids is 1. The molecule has 0 radical (unpaired) electrons. The van der Waals surface area contributed by atoms with Gasteiger partial charge in [0.05, 0.1) is 23.7 Å². The number of amides is 1. The second-order valence-electron chi connectivity index (χ2n) is 8.56. The molecule has 1 N–H and O–H groups in total. The second kappa shape index (κ2) is 8.78. The van der Waals surface area contributed by atoms with Crippen molar-refractivity contribution in [3.05, 3.63) is 41.3 Å². The molecule has 4 heterocycles. The quantitative estimate of drug-likeness (QED) is 0.812. The van der Waals surface area contributed by atoms with E-state index in [-0.39, 0.29) is 17.6 Å². The van der Waals surface area contributed by atoms with Crippen LogP contribution < -0.4 is 15.0 Å². The number of hydrogen-bond acceptors (Lipinski definition) is 6. The van der Waals surface area contributed by atoms with Crippen molar-refractivity contribution in [3.63, 3.8) is 0 Å². The van der Waals surface area contributed by atoms with Crippen LogP contribution in [0.3, 0.4) is 0 Å². The third kappa shape index (κ3) is 4.35. The summed E-state index contributed by atoms with van der Waals surface area (Å²) >= 11 is 0. The first kappa shape index (κ1) is 20.2. The maximum absolute atomic E-state index is 13.3. The van der Waals surface area contributed by atoms with Gasteiger partial charge in [0.2, 0.25) is 17.7 Å². The lowest BCUT2D eigenvalue weighted by molar-refractivity contribution is -0.137. The minimum Gasteiger partial charge on any atom is -0.438 e. The summed E-state index contributed by atoms with van der Waals surface area (Å²) in [6.45, 7) is 4.71. The van der Waals surface area contributed by atoms with Gasteiger partial charge in [0.15, 0.2) is 0 Å². The van der Waals surface area contributed by atoms with Crippen LogP contribution in [-0.4, -0.2) is 53.5 Å². The summed E-state index contributed by atoms with van der Waals surface area (Å²) in [6, 6.07) is 5.93. The fourth-order valence-electron chi connectivity index (χ4n) is 4.64. The molecular weight excluding hydrogens is 397 g/mol. The van der Waals surface area contributed by atoms with Crippen LogP contribution >= 0.6 is 0 Å². The number of piperidine rings is 1. The molecule has 0 aliphatic carbocycles. The number of hydrogen-bond donors (Lipinski definition) is 1. The Morgan fingerprint density at radius 1 is 1.10 bits per heavy atom. The van der Waals surface area contributed by atoms with Gasteiger partial charge in [0, 0.05) is 32.6 Å². The molecule has 2 fully saturated rings. The largest absolute Gasteiger partial charge is 0.438 e. The molecule has 3 aliphatic rings. The number of nitrogens with zero attached hydrogens (tertiary/aromatic N) is 4. The van der Waals surface area contributed by atoms with Gasteiger partial charge in [0.25, 0.3) is 0 Å². The van der Waals surface area contributed by atoms with Crippen molar-refractivity contribution in [3.8, 4) is 11.6 Å². The summed E-state index contributed by atoms with van der Waals surface area (Å²) in [7, 11) is 0. The van der Waals surface area contributed by atoms with Gasteiger partial charge in [0.1, 0.15) is 11.6 Å². The van der Waals surface area contributed by atoms with E-state index < -0.39 is 0 Å². The molecule has 3 aliphatic heterocycles. The van der Waals surface area contributed by atoms with Gasteiger partial charge < -0.3 is 19.9 Å². The molecule has 1 aromatic heterocycles. The van der Waals surface area contributed by atoms with Crippen LogP contribution in [0.5, 0.6) is 11.6 Å². The number of halogens is 1. The Bertz CT molecular complexity index is 940. The van der Waals surface area contributed by atoms with E-state index in [1.54, 1.807) is 12.1 Å². The first-order valence-electron chi connectivity index (χ1n) is 11.2. The number of rotatable bonds is 4. The monoisotopic (exact) mass is 425 g/mol. The molecule has 1 aromatic carbocycles. The summed E-state index contributed by atoms with van der Waals surface area (Å²) in [5, 5.41) is 3.33. The Kier molecular flexibility index (Phi) is 5.72. The highest BCUT2D eigenvalue weighted by atomic mass is 19.1. The summed E-state index contributed by atoms with van der Waals surface area (Å²) < 4.78 is 19.5. The molecular formula is C23H28FN5O2. The number of fused-ring (bicyclic) bond motifs is 1. The van der Waals surface area contributed by atoms with Gasteiger partial charge in [-0.05, 0) is 56.5 Å². The second-order valence-corrected chi connectivity index (χ2v) is 8.56. The third-order valence-electron chi connectivity index (χ3n) is 6.39. The van der Waals surface area contributed by atoms with E-state index in [1.165, 1.54) is 12.1 Å². The molecule has 5 rings (SSSR count). The van der Waals surface area contributed by atoms with Gasteiger partial charge in [-0.25, -0.2) is 9.37 Å². The van der Waals surface area contributed by atoms with E-state index in [2.05, 4.69) is 10.2 Å². The van der Waals surface area contributed by atoms with Crippen molar-refractivity contribution in [2.24, 2.45) is 5.92 Å². The van der Waals surface area contributed by atoms with E-state index in [0.717, 1.165) is 63.1 Å². The highest BCUT2D eigenvalue weighted by Gasteiger charge is 2.32. The van der Waals surface area contributed by atoms with Crippen LogP contribution in [0.15, 0.2) is 24.3 Å². The Morgan fingerprint density at radius 2 is 1.90 bits per heavy atom. The van der Waals surface area contributed by atoms with Gasteiger partial charge in [-0.3, -0.25) is 4.79 Å². The molecule has 1 unspecified atom stereocenters. The zero-order valence-corrected chi connectivity index (χ0v) is 17.6. The number of benzene rings is 1. The predicted molar refractivity (Wildman–Crippen MR) is 115 cm³/mol.